The Hall–Kier alpha value is -0.120. The van der Waals surface area contributed by atoms with Crippen LogP contribution in [0.25, 0.3) is 0 Å². The van der Waals surface area contributed by atoms with E-state index in [1.807, 2.05) is 7.11 Å². The summed E-state index contributed by atoms with van der Waals surface area (Å²) >= 11 is 0. The Bertz CT molecular complexity index is 226. The van der Waals surface area contributed by atoms with Crippen LogP contribution in [0.3, 0.4) is 0 Å². The third-order valence-corrected chi connectivity index (χ3v) is 4.91. The van der Waals surface area contributed by atoms with Crippen LogP contribution in [0.15, 0.2) is 0 Å². The summed E-state index contributed by atoms with van der Waals surface area (Å²) in [7, 11) is 1.86. The molecule has 92 valence electrons. The molecule has 0 aromatic rings. The largest absolute Gasteiger partial charge is 0.381 e. The molecular weight excluding hydrogens is 200 g/mol. The van der Waals surface area contributed by atoms with Gasteiger partial charge in [0, 0.05) is 26.2 Å². The number of likely N-dealkylation sites (tertiary alicyclic amines) is 1. The summed E-state index contributed by atoms with van der Waals surface area (Å²) in [5, 5.41) is 3.52. The molecule has 0 aromatic carbocycles. The molecule has 2 atom stereocenters. The zero-order valence-corrected chi connectivity index (χ0v) is 10.3. The van der Waals surface area contributed by atoms with Crippen molar-refractivity contribution in [1.82, 2.24) is 10.2 Å². The van der Waals surface area contributed by atoms with Crippen LogP contribution in [0, 0.1) is 11.8 Å². The van der Waals surface area contributed by atoms with Crippen molar-refractivity contribution < 1.29 is 4.74 Å². The molecule has 2 saturated heterocycles. The SMILES string of the molecule is COC1CCC(N2CC3CNCC3C2)CC1. The Balaban J connectivity index is 1.52. The lowest BCUT2D eigenvalue weighted by molar-refractivity contribution is 0.0422. The van der Waals surface area contributed by atoms with Gasteiger partial charge in [0.25, 0.3) is 0 Å². The van der Waals surface area contributed by atoms with Gasteiger partial charge in [0.2, 0.25) is 0 Å². The van der Waals surface area contributed by atoms with E-state index >= 15 is 0 Å². The van der Waals surface area contributed by atoms with Crippen molar-refractivity contribution in [2.24, 2.45) is 11.8 Å². The molecule has 3 heteroatoms. The van der Waals surface area contributed by atoms with Gasteiger partial charge in [-0.05, 0) is 50.6 Å². The fourth-order valence-electron chi connectivity index (χ4n) is 3.84. The number of nitrogens with zero attached hydrogens (tertiary/aromatic N) is 1. The average Bonchev–Trinajstić information content (AvgIpc) is 2.89. The third kappa shape index (κ3) is 2.01. The van der Waals surface area contributed by atoms with Crippen LogP contribution >= 0.6 is 0 Å². The minimum atomic E-state index is 0.542. The van der Waals surface area contributed by atoms with Gasteiger partial charge in [-0.25, -0.2) is 0 Å². The van der Waals surface area contributed by atoms with E-state index in [9.17, 15) is 0 Å². The number of ether oxygens (including phenoxy) is 1. The lowest BCUT2D eigenvalue weighted by atomic mass is 9.92. The van der Waals surface area contributed by atoms with E-state index in [1.54, 1.807) is 0 Å². The van der Waals surface area contributed by atoms with Gasteiger partial charge < -0.3 is 10.1 Å². The fraction of sp³-hybridized carbons (Fsp3) is 1.00. The van der Waals surface area contributed by atoms with E-state index in [0.29, 0.717) is 6.10 Å². The summed E-state index contributed by atoms with van der Waals surface area (Å²) in [6, 6.07) is 0.858. The number of rotatable bonds is 2. The van der Waals surface area contributed by atoms with Crippen molar-refractivity contribution in [1.29, 1.82) is 0 Å². The summed E-state index contributed by atoms with van der Waals surface area (Å²) in [6.07, 6.45) is 5.78. The predicted molar refractivity (Wildman–Crippen MR) is 64.5 cm³/mol. The molecule has 0 radical (unpaired) electrons. The van der Waals surface area contributed by atoms with E-state index in [0.717, 1.165) is 17.9 Å². The van der Waals surface area contributed by atoms with Crippen LogP contribution in [0.1, 0.15) is 25.7 Å². The average molecular weight is 224 g/mol. The quantitative estimate of drug-likeness (QED) is 0.760. The van der Waals surface area contributed by atoms with Gasteiger partial charge in [-0.1, -0.05) is 0 Å². The number of methoxy groups -OCH3 is 1. The molecule has 0 amide bonds. The van der Waals surface area contributed by atoms with Crippen LogP contribution in [0.4, 0.5) is 0 Å². The van der Waals surface area contributed by atoms with Crippen LogP contribution in [-0.4, -0.2) is 50.3 Å². The van der Waals surface area contributed by atoms with Crippen molar-refractivity contribution in [2.45, 2.75) is 37.8 Å². The molecule has 3 nitrogen and oxygen atoms in total. The van der Waals surface area contributed by atoms with E-state index in [2.05, 4.69) is 10.2 Å². The lowest BCUT2D eigenvalue weighted by Gasteiger charge is -2.34. The fourth-order valence-corrected chi connectivity index (χ4v) is 3.84. The highest BCUT2D eigenvalue weighted by Crippen LogP contribution is 2.32. The summed E-state index contributed by atoms with van der Waals surface area (Å²) in [5.41, 5.74) is 0. The standard InChI is InChI=1S/C13H24N2O/c1-16-13-4-2-12(3-5-13)15-8-10-6-14-7-11(10)9-15/h10-14H,2-9H2,1H3. The van der Waals surface area contributed by atoms with Crippen LogP contribution in [0.2, 0.25) is 0 Å². The second-order valence-electron chi connectivity index (χ2n) is 5.80. The molecule has 0 aromatic heterocycles. The molecule has 16 heavy (non-hydrogen) atoms. The van der Waals surface area contributed by atoms with Crippen LogP contribution in [-0.2, 0) is 4.74 Å². The molecule has 2 heterocycles. The van der Waals surface area contributed by atoms with Gasteiger partial charge >= 0.3 is 0 Å². The molecule has 3 rings (SSSR count). The third-order valence-electron chi connectivity index (χ3n) is 4.91. The number of nitrogens with one attached hydrogen (secondary N) is 1. The lowest BCUT2D eigenvalue weighted by Crippen LogP contribution is -2.39. The van der Waals surface area contributed by atoms with Gasteiger partial charge in [0.1, 0.15) is 0 Å². The van der Waals surface area contributed by atoms with Gasteiger partial charge in [0.05, 0.1) is 6.10 Å². The van der Waals surface area contributed by atoms with Crippen molar-refractivity contribution >= 4 is 0 Å². The van der Waals surface area contributed by atoms with E-state index in [1.165, 1.54) is 51.9 Å². The second kappa shape index (κ2) is 4.63. The molecule has 1 aliphatic carbocycles. The summed E-state index contributed by atoms with van der Waals surface area (Å²) < 4.78 is 5.45. The van der Waals surface area contributed by atoms with Crippen molar-refractivity contribution in [3.05, 3.63) is 0 Å². The minimum Gasteiger partial charge on any atom is -0.381 e. The summed E-state index contributed by atoms with van der Waals surface area (Å²) in [4.78, 5) is 2.77. The maximum atomic E-state index is 5.45. The minimum absolute atomic E-state index is 0.542. The van der Waals surface area contributed by atoms with Crippen molar-refractivity contribution in [2.75, 3.05) is 33.3 Å². The maximum absolute atomic E-state index is 5.45. The predicted octanol–water partition coefficient (Wildman–Crippen LogP) is 1.10. The Kier molecular flexibility index (Phi) is 3.18. The summed E-state index contributed by atoms with van der Waals surface area (Å²) in [5.74, 6) is 1.89. The Morgan fingerprint density at radius 3 is 2.19 bits per heavy atom. The van der Waals surface area contributed by atoms with Gasteiger partial charge in [0.15, 0.2) is 0 Å². The Labute approximate surface area is 98.5 Å². The first-order chi connectivity index (χ1) is 7.86. The zero-order valence-electron chi connectivity index (χ0n) is 10.3. The monoisotopic (exact) mass is 224 g/mol. The van der Waals surface area contributed by atoms with Crippen molar-refractivity contribution in [3.8, 4) is 0 Å². The molecular formula is C13H24N2O. The van der Waals surface area contributed by atoms with Gasteiger partial charge in [-0.3, -0.25) is 4.90 Å². The Morgan fingerprint density at radius 1 is 1.00 bits per heavy atom. The normalized spacial score (nSPS) is 44.8. The Morgan fingerprint density at radius 2 is 1.62 bits per heavy atom. The molecule has 0 spiro atoms. The topological polar surface area (TPSA) is 24.5 Å². The first-order valence-corrected chi connectivity index (χ1v) is 6.84. The molecule has 1 saturated carbocycles. The number of hydrogen-bond acceptors (Lipinski definition) is 3. The highest BCUT2D eigenvalue weighted by molar-refractivity contribution is 4.94. The van der Waals surface area contributed by atoms with E-state index in [-0.39, 0.29) is 0 Å². The zero-order chi connectivity index (χ0) is 11.0. The highest BCUT2D eigenvalue weighted by Gasteiger charge is 2.39. The van der Waals surface area contributed by atoms with E-state index in [4.69, 9.17) is 4.74 Å². The smallest absolute Gasteiger partial charge is 0.0572 e. The van der Waals surface area contributed by atoms with E-state index < -0.39 is 0 Å². The van der Waals surface area contributed by atoms with Gasteiger partial charge in [-0.15, -0.1) is 0 Å². The highest BCUT2D eigenvalue weighted by atomic mass is 16.5. The second-order valence-corrected chi connectivity index (χ2v) is 5.80. The number of fused-ring (bicyclic) bond motifs is 1. The summed E-state index contributed by atoms with van der Waals surface area (Å²) in [6.45, 7) is 5.21. The molecule has 3 aliphatic rings. The van der Waals surface area contributed by atoms with Gasteiger partial charge in [-0.2, -0.15) is 0 Å². The molecule has 3 fully saturated rings. The first kappa shape index (κ1) is 11.0. The molecule has 0 bridgehead atoms. The van der Waals surface area contributed by atoms with Crippen LogP contribution < -0.4 is 5.32 Å². The number of hydrogen-bond donors (Lipinski definition) is 1. The first-order valence-electron chi connectivity index (χ1n) is 6.84. The maximum Gasteiger partial charge on any atom is 0.0572 e. The molecule has 2 aliphatic heterocycles. The molecule has 1 N–H and O–H groups in total. The van der Waals surface area contributed by atoms with Crippen molar-refractivity contribution in [3.63, 3.8) is 0 Å². The van der Waals surface area contributed by atoms with Crippen LogP contribution in [0.5, 0.6) is 0 Å². The molecule has 2 unspecified atom stereocenters.